The van der Waals surface area contributed by atoms with Gasteiger partial charge in [-0.1, -0.05) is 24.3 Å². The number of amides is 1. The first-order valence-electron chi connectivity index (χ1n) is 8.32. The van der Waals surface area contributed by atoms with Crippen molar-refractivity contribution in [2.24, 2.45) is 0 Å². The summed E-state index contributed by atoms with van der Waals surface area (Å²) in [5.74, 6) is -0.307. The summed E-state index contributed by atoms with van der Waals surface area (Å²) in [4.78, 5) is 18.1. The second-order valence-electron chi connectivity index (χ2n) is 6.25. The number of alkyl halides is 3. The third-order valence-electron chi connectivity index (χ3n) is 4.10. The molecule has 0 unspecified atom stereocenters. The van der Waals surface area contributed by atoms with Gasteiger partial charge in [0.15, 0.2) is 0 Å². The highest BCUT2D eigenvalue weighted by Crippen LogP contribution is 2.32. The molecule has 1 aromatic heterocycles. The number of hydrogen-bond acceptors (Lipinski definition) is 3. The minimum atomic E-state index is -4.42. The summed E-state index contributed by atoms with van der Waals surface area (Å²) in [5, 5.41) is 3.61. The monoisotopic (exact) mass is 373 g/mol. The van der Waals surface area contributed by atoms with E-state index in [1.165, 1.54) is 12.1 Å². The average molecular weight is 373 g/mol. The molecule has 0 bridgehead atoms. The summed E-state index contributed by atoms with van der Waals surface area (Å²) in [7, 11) is 1.61. The molecule has 0 fully saturated rings. The number of nitrogens with one attached hydrogen (secondary N) is 1. The van der Waals surface area contributed by atoms with Gasteiger partial charge in [-0.15, -0.1) is 0 Å². The fourth-order valence-electron chi connectivity index (χ4n) is 2.93. The summed E-state index contributed by atoms with van der Waals surface area (Å²) in [6.45, 7) is -0.0248. The van der Waals surface area contributed by atoms with Crippen LogP contribution in [0.5, 0.6) is 0 Å². The summed E-state index contributed by atoms with van der Waals surface area (Å²) in [6, 6.07) is 14.4. The van der Waals surface area contributed by atoms with Crippen molar-refractivity contribution in [2.45, 2.75) is 12.7 Å². The zero-order chi connectivity index (χ0) is 19.4. The van der Waals surface area contributed by atoms with E-state index in [1.807, 2.05) is 12.1 Å². The number of nitrogens with zero attached hydrogens (tertiary/aromatic N) is 2. The van der Waals surface area contributed by atoms with Crippen LogP contribution in [-0.4, -0.2) is 29.4 Å². The standard InChI is InChI=1S/C20H18F3N3O/c1-26(12-14-6-2-3-8-16(14)20(21,22)23)13-19(27)25-18-10-4-9-17-15(18)7-5-11-24-17/h2-11H,12-13H2,1H3,(H,25,27). The number of hydrogen-bond donors (Lipinski definition) is 1. The van der Waals surface area contributed by atoms with Crippen LogP contribution >= 0.6 is 0 Å². The van der Waals surface area contributed by atoms with E-state index >= 15 is 0 Å². The molecule has 3 rings (SSSR count). The Hall–Kier alpha value is -2.93. The van der Waals surface area contributed by atoms with E-state index in [0.29, 0.717) is 5.69 Å². The van der Waals surface area contributed by atoms with Crippen LogP contribution in [0.25, 0.3) is 10.9 Å². The number of benzene rings is 2. The maximum absolute atomic E-state index is 13.1. The van der Waals surface area contributed by atoms with Gasteiger partial charge in [0.25, 0.3) is 0 Å². The van der Waals surface area contributed by atoms with Crippen molar-refractivity contribution < 1.29 is 18.0 Å². The SMILES string of the molecule is CN(CC(=O)Nc1cccc2ncccc12)Cc1ccccc1C(F)(F)F. The highest BCUT2D eigenvalue weighted by atomic mass is 19.4. The van der Waals surface area contributed by atoms with Crippen molar-refractivity contribution in [3.8, 4) is 0 Å². The molecule has 27 heavy (non-hydrogen) atoms. The highest BCUT2D eigenvalue weighted by molar-refractivity contribution is 6.01. The first-order chi connectivity index (χ1) is 12.8. The van der Waals surface area contributed by atoms with E-state index in [2.05, 4.69) is 10.3 Å². The van der Waals surface area contributed by atoms with E-state index in [-0.39, 0.29) is 24.6 Å². The number of anilines is 1. The smallest absolute Gasteiger partial charge is 0.324 e. The molecule has 0 aliphatic heterocycles. The number of pyridine rings is 1. The molecule has 4 nitrogen and oxygen atoms in total. The Morgan fingerprint density at radius 3 is 2.63 bits per heavy atom. The molecular formula is C20H18F3N3O. The van der Waals surface area contributed by atoms with Crippen LogP contribution in [0.3, 0.4) is 0 Å². The summed E-state index contributed by atoms with van der Waals surface area (Å²) in [5.41, 5.74) is 0.824. The molecule has 0 radical (unpaired) electrons. The Bertz CT molecular complexity index is 951. The Labute approximate surface area is 154 Å². The normalized spacial score (nSPS) is 11.7. The molecule has 2 aromatic carbocycles. The van der Waals surface area contributed by atoms with Gasteiger partial charge in [0.05, 0.1) is 23.3 Å². The fourth-order valence-corrected chi connectivity index (χ4v) is 2.93. The molecule has 1 amide bonds. The first kappa shape index (κ1) is 18.8. The Morgan fingerprint density at radius 1 is 1.07 bits per heavy atom. The average Bonchev–Trinajstić information content (AvgIpc) is 2.61. The van der Waals surface area contributed by atoms with Crippen molar-refractivity contribution in [3.63, 3.8) is 0 Å². The lowest BCUT2D eigenvalue weighted by molar-refractivity contribution is -0.138. The van der Waals surface area contributed by atoms with Crippen molar-refractivity contribution >= 4 is 22.5 Å². The van der Waals surface area contributed by atoms with Crippen molar-refractivity contribution in [2.75, 3.05) is 18.9 Å². The highest BCUT2D eigenvalue weighted by Gasteiger charge is 2.33. The molecular weight excluding hydrogens is 355 g/mol. The van der Waals surface area contributed by atoms with E-state index < -0.39 is 11.7 Å². The Kier molecular flexibility index (Phi) is 5.41. The van der Waals surface area contributed by atoms with Crippen LogP contribution in [0, 0.1) is 0 Å². The molecule has 0 spiro atoms. The van der Waals surface area contributed by atoms with Gasteiger partial charge in [-0.2, -0.15) is 13.2 Å². The van der Waals surface area contributed by atoms with Crippen LogP contribution in [0.1, 0.15) is 11.1 Å². The lowest BCUT2D eigenvalue weighted by atomic mass is 10.1. The molecule has 7 heteroatoms. The zero-order valence-electron chi connectivity index (χ0n) is 14.6. The van der Waals surface area contributed by atoms with Crippen LogP contribution in [0.2, 0.25) is 0 Å². The van der Waals surface area contributed by atoms with Gasteiger partial charge >= 0.3 is 6.18 Å². The van der Waals surface area contributed by atoms with Crippen molar-refractivity contribution in [3.05, 3.63) is 71.9 Å². The molecule has 1 N–H and O–H groups in total. The maximum atomic E-state index is 13.1. The Balaban J connectivity index is 1.68. The molecule has 0 aliphatic carbocycles. The van der Waals surface area contributed by atoms with Gasteiger partial charge < -0.3 is 5.32 Å². The zero-order valence-corrected chi connectivity index (χ0v) is 14.6. The second-order valence-corrected chi connectivity index (χ2v) is 6.25. The molecule has 0 atom stereocenters. The maximum Gasteiger partial charge on any atom is 0.416 e. The number of carbonyl (C=O) groups is 1. The first-order valence-corrected chi connectivity index (χ1v) is 8.32. The Morgan fingerprint density at radius 2 is 1.85 bits per heavy atom. The number of carbonyl (C=O) groups excluding carboxylic acids is 1. The van der Waals surface area contributed by atoms with Gasteiger partial charge in [-0.25, -0.2) is 0 Å². The second kappa shape index (κ2) is 7.75. The third kappa shape index (κ3) is 4.62. The summed E-state index contributed by atoms with van der Waals surface area (Å²) < 4.78 is 39.3. The minimum absolute atomic E-state index is 0.0141. The largest absolute Gasteiger partial charge is 0.416 e. The molecule has 0 saturated carbocycles. The van der Waals surface area contributed by atoms with Gasteiger partial charge in [0, 0.05) is 18.1 Å². The quantitative estimate of drug-likeness (QED) is 0.724. The minimum Gasteiger partial charge on any atom is -0.324 e. The van der Waals surface area contributed by atoms with Crippen LogP contribution in [-0.2, 0) is 17.5 Å². The van der Waals surface area contributed by atoms with E-state index in [0.717, 1.165) is 17.0 Å². The van der Waals surface area contributed by atoms with Gasteiger partial charge in [0.2, 0.25) is 5.91 Å². The molecule has 0 saturated heterocycles. The number of halogens is 3. The summed E-state index contributed by atoms with van der Waals surface area (Å²) >= 11 is 0. The van der Waals surface area contributed by atoms with Gasteiger partial charge in [0.1, 0.15) is 0 Å². The number of fused-ring (bicyclic) bond motifs is 1. The van der Waals surface area contributed by atoms with Crippen LogP contribution in [0.15, 0.2) is 60.8 Å². The number of likely N-dealkylation sites (N-methyl/N-ethyl adjacent to an activating group) is 1. The predicted octanol–water partition coefficient (Wildman–Crippen LogP) is 4.32. The predicted molar refractivity (Wildman–Crippen MR) is 98.2 cm³/mol. The number of aromatic nitrogens is 1. The lowest BCUT2D eigenvalue weighted by Gasteiger charge is -2.19. The molecule has 140 valence electrons. The van der Waals surface area contributed by atoms with Crippen molar-refractivity contribution in [1.82, 2.24) is 9.88 Å². The van der Waals surface area contributed by atoms with Crippen LogP contribution < -0.4 is 5.32 Å². The van der Waals surface area contributed by atoms with Crippen LogP contribution in [0.4, 0.5) is 18.9 Å². The van der Waals surface area contributed by atoms with E-state index in [1.54, 1.807) is 42.4 Å². The van der Waals surface area contributed by atoms with Gasteiger partial charge in [-0.05, 0) is 42.9 Å². The molecule has 3 aromatic rings. The third-order valence-corrected chi connectivity index (χ3v) is 4.10. The topological polar surface area (TPSA) is 45.2 Å². The van der Waals surface area contributed by atoms with E-state index in [4.69, 9.17) is 0 Å². The van der Waals surface area contributed by atoms with Crippen molar-refractivity contribution in [1.29, 1.82) is 0 Å². The van der Waals surface area contributed by atoms with E-state index in [9.17, 15) is 18.0 Å². The summed E-state index contributed by atoms with van der Waals surface area (Å²) in [6.07, 6.45) is -2.75. The molecule has 0 aliphatic rings. The molecule has 1 heterocycles. The lowest BCUT2D eigenvalue weighted by Crippen LogP contribution is -2.30. The number of rotatable bonds is 5. The van der Waals surface area contributed by atoms with Gasteiger partial charge in [-0.3, -0.25) is 14.7 Å². The fraction of sp³-hybridized carbons (Fsp3) is 0.200.